The normalized spacial score (nSPS) is 10.9. The van der Waals surface area contributed by atoms with Gasteiger partial charge in [-0.05, 0) is 24.3 Å². The second-order valence-electron chi connectivity index (χ2n) is 4.64. The maximum Gasteiger partial charge on any atom is 0.215 e. The Morgan fingerprint density at radius 1 is 1.25 bits per heavy atom. The van der Waals surface area contributed by atoms with Gasteiger partial charge in [0.2, 0.25) is 5.89 Å². The Balaban J connectivity index is 1.87. The third-order valence-electron chi connectivity index (χ3n) is 3.09. The molecule has 0 aliphatic carbocycles. The first-order valence-electron chi connectivity index (χ1n) is 6.24. The van der Waals surface area contributed by atoms with Crippen molar-refractivity contribution in [3.05, 3.63) is 54.2 Å². The number of rotatable bonds is 3. The van der Waals surface area contributed by atoms with Gasteiger partial charge in [-0.1, -0.05) is 12.1 Å². The van der Waals surface area contributed by atoms with Crippen LogP contribution in [0.1, 0.15) is 5.89 Å². The lowest BCUT2D eigenvalue weighted by Gasteiger charge is -2.17. The second kappa shape index (κ2) is 4.85. The van der Waals surface area contributed by atoms with Crippen molar-refractivity contribution in [3.8, 4) is 0 Å². The van der Waals surface area contributed by atoms with Gasteiger partial charge in [0.25, 0.3) is 0 Å². The molecule has 3 rings (SSSR count). The van der Waals surface area contributed by atoms with E-state index in [4.69, 9.17) is 10.2 Å². The minimum absolute atomic E-state index is 0.268. The molecule has 1 heterocycles. The second-order valence-corrected chi connectivity index (χ2v) is 4.64. The van der Waals surface area contributed by atoms with Crippen LogP contribution in [0, 0.1) is 5.82 Å². The van der Waals surface area contributed by atoms with Crippen molar-refractivity contribution in [3.63, 3.8) is 0 Å². The number of nitrogens with zero attached hydrogens (tertiary/aromatic N) is 2. The Morgan fingerprint density at radius 2 is 2.05 bits per heavy atom. The number of nitrogens with two attached hydrogens (primary N) is 1. The minimum atomic E-state index is -0.268. The molecule has 102 valence electrons. The zero-order valence-electron chi connectivity index (χ0n) is 11.0. The topological polar surface area (TPSA) is 55.3 Å². The van der Waals surface area contributed by atoms with Crippen LogP contribution in [0.5, 0.6) is 0 Å². The van der Waals surface area contributed by atoms with E-state index in [0.717, 1.165) is 5.52 Å². The first kappa shape index (κ1) is 12.5. The van der Waals surface area contributed by atoms with E-state index in [1.54, 1.807) is 48.3 Å². The molecule has 0 atom stereocenters. The van der Waals surface area contributed by atoms with Crippen molar-refractivity contribution in [1.82, 2.24) is 4.98 Å². The summed E-state index contributed by atoms with van der Waals surface area (Å²) in [6.45, 7) is 0.384. The summed E-state index contributed by atoms with van der Waals surface area (Å²) in [5, 5.41) is 0. The number of anilines is 2. The van der Waals surface area contributed by atoms with E-state index in [1.165, 1.54) is 6.07 Å². The highest BCUT2D eigenvalue weighted by atomic mass is 19.1. The number of nitrogen functional groups attached to an aromatic ring is 1. The Hall–Kier alpha value is -2.56. The lowest BCUT2D eigenvalue weighted by molar-refractivity contribution is 0.524. The number of aromatic nitrogens is 1. The van der Waals surface area contributed by atoms with Crippen LogP contribution in [0.15, 0.2) is 46.9 Å². The van der Waals surface area contributed by atoms with E-state index in [-0.39, 0.29) is 5.82 Å². The van der Waals surface area contributed by atoms with E-state index < -0.39 is 0 Å². The van der Waals surface area contributed by atoms with Gasteiger partial charge in [-0.25, -0.2) is 9.37 Å². The van der Waals surface area contributed by atoms with Crippen LogP contribution >= 0.6 is 0 Å². The summed E-state index contributed by atoms with van der Waals surface area (Å²) in [7, 11) is 1.79. The van der Waals surface area contributed by atoms with Gasteiger partial charge in [0.1, 0.15) is 11.3 Å². The predicted octanol–water partition coefficient (Wildman–Crippen LogP) is 3.19. The molecule has 0 saturated heterocycles. The summed E-state index contributed by atoms with van der Waals surface area (Å²) >= 11 is 0. The Labute approximate surface area is 115 Å². The van der Waals surface area contributed by atoms with E-state index in [2.05, 4.69) is 4.98 Å². The molecule has 0 aliphatic heterocycles. The molecule has 20 heavy (non-hydrogen) atoms. The fraction of sp³-hybridized carbons (Fsp3) is 0.133. The number of para-hydroxylation sites is 1. The van der Waals surface area contributed by atoms with Crippen molar-refractivity contribution in [2.45, 2.75) is 6.54 Å². The molecule has 0 unspecified atom stereocenters. The number of hydrogen-bond acceptors (Lipinski definition) is 4. The summed E-state index contributed by atoms with van der Waals surface area (Å²) in [6.07, 6.45) is 0. The summed E-state index contributed by atoms with van der Waals surface area (Å²) in [5.74, 6) is 0.256. The van der Waals surface area contributed by atoms with Gasteiger partial charge >= 0.3 is 0 Å². The van der Waals surface area contributed by atoms with Crippen LogP contribution in [0.4, 0.5) is 15.8 Å². The van der Waals surface area contributed by atoms with Crippen molar-refractivity contribution in [2.24, 2.45) is 0 Å². The molecule has 0 aliphatic rings. The molecular weight excluding hydrogens is 257 g/mol. The average molecular weight is 271 g/mol. The third kappa shape index (κ3) is 2.30. The number of benzene rings is 2. The first-order chi connectivity index (χ1) is 9.63. The Kier molecular flexibility index (Phi) is 3.02. The zero-order valence-corrected chi connectivity index (χ0v) is 11.0. The highest BCUT2D eigenvalue weighted by Crippen LogP contribution is 2.22. The molecule has 3 aromatic rings. The fourth-order valence-corrected chi connectivity index (χ4v) is 2.11. The summed E-state index contributed by atoms with van der Waals surface area (Å²) in [6, 6.07) is 11.9. The SMILES string of the molecule is CN(Cc1nc2ccc(N)cc2o1)c1ccccc1F. The van der Waals surface area contributed by atoms with Gasteiger partial charge in [0.05, 0.1) is 12.2 Å². The standard InChI is InChI=1S/C15H14FN3O/c1-19(13-5-3-2-4-11(13)16)9-15-18-12-7-6-10(17)8-14(12)20-15/h2-8H,9,17H2,1H3. The maximum atomic E-state index is 13.7. The molecule has 0 fully saturated rings. The number of fused-ring (bicyclic) bond motifs is 1. The van der Waals surface area contributed by atoms with Gasteiger partial charge in [-0.3, -0.25) is 0 Å². The molecule has 0 radical (unpaired) electrons. The van der Waals surface area contributed by atoms with Crippen LogP contribution in [0.2, 0.25) is 0 Å². The molecule has 0 bridgehead atoms. The highest BCUT2D eigenvalue weighted by molar-refractivity contribution is 5.76. The van der Waals surface area contributed by atoms with Crippen LogP contribution in [0.3, 0.4) is 0 Å². The van der Waals surface area contributed by atoms with Crippen molar-refractivity contribution in [2.75, 3.05) is 17.7 Å². The minimum Gasteiger partial charge on any atom is -0.439 e. The molecule has 5 heteroatoms. The Morgan fingerprint density at radius 3 is 2.85 bits per heavy atom. The van der Waals surface area contributed by atoms with Gasteiger partial charge in [0, 0.05) is 18.8 Å². The average Bonchev–Trinajstić information content (AvgIpc) is 2.80. The van der Waals surface area contributed by atoms with E-state index in [0.29, 0.717) is 29.4 Å². The summed E-state index contributed by atoms with van der Waals surface area (Å²) in [5.41, 5.74) is 8.22. The molecule has 1 aromatic heterocycles. The molecule has 0 amide bonds. The summed E-state index contributed by atoms with van der Waals surface area (Å²) in [4.78, 5) is 6.12. The quantitative estimate of drug-likeness (QED) is 0.743. The molecule has 0 saturated carbocycles. The summed E-state index contributed by atoms with van der Waals surface area (Å²) < 4.78 is 19.3. The van der Waals surface area contributed by atoms with Crippen LogP contribution < -0.4 is 10.6 Å². The lowest BCUT2D eigenvalue weighted by atomic mass is 10.3. The monoisotopic (exact) mass is 271 g/mol. The number of oxazole rings is 1. The molecule has 2 aromatic carbocycles. The predicted molar refractivity (Wildman–Crippen MR) is 76.9 cm³/mol. The zero-order chi connectivity index (χ0) is 14.1. The van der Waals surface area contributed by atoms with Gasteiger partial charge < -0.3 is 15.1 Å². The van der Waals surface area contributed by atoms with Gasteiger partial charge in [-0.15, -0.1) is 0 Å². The number of hydrogen-bond donors (Lipinski definition) is 1. The van der Waals surface area contributed by atoms with Gasteiger partial charge in [-0.2, -0.15) is 0 Å². The van der Waals surface area contributed by atoms with Crippen molar-refractivity contribution in [1.29, 1.82) is 0 Å². The molecule has 2 N–H and O–H groups in total. The number of halogens is 1. The fourth-order valence-electron chi connectivity index (χ4n) is 2.11. The van der Waals surface area contributed by atoms with Crippen LogP contribution in [-0.4, -0.2) is 12.0 Å². The molecule has 0 spiro atoms. The van der Waals surface area contributed by atoms with E-state index >= 15 is 0 Å². The largest absolute Gasteiger partial charge is 0.439 e. The third-order valence-corrected chi connectivity index (χ3v) is 3.09. The van der Waals surface area contributed by atoms with Crippen LogP contribution in [-0.2, 0) is 6.54 Å². The van der Waals surface area contributed by atoms with Gasteiger partial charge in [0.15, 0.2) is 5.58 Å². The maximum absolute atomic E-state index is 13.7. The Bertz CT molecular complexity index is 754. The first-order valence-corrected chi connectivity index (χ1v) is 6.24. The van der Waals surface area contributed by atoms with Crippen molar-refractivity contribution < 1.29 is 8.81 Å². The smallest absolute Gasteiger partial charge is 0.215 e. The lowest BCUT2D eigenvalue weighted by Crippen LogP contribution is -2.17. The highest BCUT2D eigenvalue weighted by Gasteiger charge is 2.11. The molecular formula is C15H14FN3O. The van der Waals surface area contributed by atoms with Crippen molar-refractivity contribution >= 4 is 22.5 Å². The van der Waals surface area contributed by atoms with E-state index in [1.807, 2.05) is 0 Å². The van der Waals surface area contributed by atoms with E-state index in [9.17, 15) is 4.39 Å². The molecule has 4 nitrogen and oxygen atoms in total. The van der Waals surface area contributed by atoms with Crippen LogP contribution in [0.25, 0.3) is 11.1 Å².